The highest BCUT2D eigenvalue weighted by Crippen LogP contribution is 2.35. The van der Waals surface area contributed by atoms with Gasteiger partial charge in [-0.3, -0.25) is 4.79 Å². The second-order valence-electron chi connectivity index (χ2n) is 4.33. The number of esters is 2. The molecule has 1 atom stereocenters. The Morgan fingerprint density at radius 3 is 2.45 bits per heavy atom. The van der Waals surface area contributed by atoms with Crippen molar-refractivity contribution in [3.63, 3.8) is 0 Å². The molecule has 0 amide bonds. The van der Waals surface area contributed by atoms with Crippen molar-refractivity contribution >= 4 is 11.9 Å². The first-order valence-corrected chi connectivity index (χ1v) is 6.41. The van der Waals surface area contributed by atoms with Gasteiger partial charge in [-0.1, -0.05) is 6.07 Å². The Balaban J connectivity index is 3.10. The number of nitrogens with two attached hydrogens (primary N) is 1. The average molecular weight is 317 g/mol. The van der Waals surface area contributed by atoms with Crippen molar-refractivity contribution in [2.75, 3.05) is 13.7 Å². The van der Waals surface area contributed by atoms with E-state index >= 15 is 0 Å². The first-order valence-electron chi connectivity index (χ1n) is 6.41. The number of hydrogen-bond acceptors (Lipinski definition) is 6. The van der Waals surface area contributed by atoms with E-state index in [1.54, 1.807) is 0 Å². The maximum atomic E-state index is 13.9. The largest absolute Gasteiger partial charge is 0.493 e. The van der Waals surface area contributed by atoms with Gasteiger partial charge in [0.2, 0.25) is 0 Å². The van der Waals surface area contributed by atoms with Crippen LogP contribution in [0.3, 0.4) is 0 Å². The molecule has 122 valence electrons. The average Bonchev–Trinajstić information content (AvgIpc) is 2.46. The zero-order chi connectivity index (χ0) is 16.9. The maximum Gasteiger partial charge on any atom is 0.379 e. The van der Waals surface area contributed by atoms with Crippen molar-refractivity contribution in [3.05, 3.63) is 23.8 Å². The van der Waals surface area contributed by atoms with Gasteiger partial charge in [-0.05, 0) is 24.6 Å². The Kier molecular flexibility index (Phi) is 5.81. The monoisotopic (exact) mass is 317 g/mol. The van der Waals surface area contributed by atoms with Gasteiger partial charge in [0.1, 0.15) is 6.04 Å². The molecule has 8 heteroatoms. The van der Waals surface area contributed by atoms with Crippen LogP contribution in [0.25, 0.3) is 0 Å². The van der Waals surface area contributed by atoms with E-state index in [0.29, 0.717) is 0 Å². The molecule has 2 N–H and O–H groups in total. The number of methoxy groups -OCH3 is 1. The van der Waals surface area contributed by atoms with Crippen LogP contribution in [0.4, 0.5) is 8.78 Å². The zero-order valence-electron chi connectivity index (χ0n) is 12.4. The smallest absolute Gasteiger partial charge is 0.379 e. The summed E-state index contributed by atoms with van der Waals surface area (Å²) in [7, 11) is 1.28. The first-order chi connectivity index (χ1) is 10.2. The van der Waals surface area contributed by atoms with Crippen molar-refractivity contribution in [1.82, 2.24) is 0 Å². The zero-order valence-corrected chi connectivity index (χ0v) is 12.4. The summed E-state index contributed by atoms with van der Waals surface area (Å²) in [6.07, 6.45) is 0. The van der Waals surface area contributed by atoms with Crippen LogP contribution < -0.4 is 15.2 Å². The van der Waals surface area contributed by atoms with Crippen LogP contribution in [0, 0.1) is 0 Å². The van der Waals surface area contributed by atoms with E-state index in [1.165, 1.54) is 39.2 Å². The second kappa shape index (κ2) is 7.17. The maximum absolute atomic E-state index is 13.9. The van der Waals surface area contributed by atoms with Crippen molar-refractivity contribution in [2.45, 2.75) is 25.8 Å². The molecule has 0 fully saturated rings. The Morgan fingerprint density at radius 1 is 1.32 bits per heavy atom. The molecule has 6 nitrogen and oxygen atoms in total. The minimum absolute atomic E-state index is 0.0443. The van der Waals surface area contributed by atoms with Gasteiger partial charge < -0.3 is 19.9 Å². The van der Waals surface area contributed by atoms with Crippen molar-refractivity contribution in [1.29, 1.82) is 0 Å². The molecule has 0 aliphatic heterocycles. The van der Waals surface area contributed by atoms with Gasteiger partial charge in [-0.2, -0.15) is 8.78 Å². The fraction of sp³-hybridized carbons (Fsp3) is 0.429. The summed E-state index contributed by atoms with van der Waals surface area (Å²) in [5.74, 6) is -6.09. The first kappa shape index (κ1) is 17.8. The lowest BCUT2D eigenvalue weighted by Crippen LogP contribution is -2.41. The number of ether oxygens (including phenoxy) is 3. The van der Waals surface area contributed by atoms with Crippen molar-refractivity contribution in [2.24, 2.45) is 5.73 Å². The summed E-state index contributed by atoms with van der Waals surface area (Å²) in [5, 5.41) is 0. The molecule has 0 spiro atoms. The highest BCUT2D eigenvalue weighted by atomic mass is 19.3. The lowest BCUT2D eigenvalue weighted by molar-refractivity contribution is -0.174. The molecule has 0 saturated carbocycles. The van der Waals surface area contributed by atoms with E-state index in [-0.39, 0.29) is 23.7 Å². The summed E-state index contributed by atoms with van der Waals surface area (Å²) >= 11 is 0. The number of carbonyl (C=O) groups is 2. The van der Waals surface area contributed by atoms with E-state index in [4.69, 9.17) is 15.2 Å². The molecule has 0 radical (unpaired) electrons. The van der Waals surface area contributed by atoms with Gasteiger partial charge in [0.15, 0.2) is 11.5 Å². The minimum atomic E-state index is -3.90. The summed E-state index contributed by atoms with van der Waals surface area (Å²) in [6, 6.07) is 1.73. The van der Waals surface area contributed by atoms with E-state index in [9.17, 15) is 18.4 Å². The van der Waals surface area contributed by atoms with Gasteiger partial charge in [0, 0.05) is 6.92 Å². The van der Waals surface area contributed by atoms with E-state index < -0.39 is 23.9 Å². The molecule has 1 aromatic rings. The number of halogens is 2. The molecular formula is C14H17F2NO5. The molecular weight excluding hydrogens is 300 g/mol. The number of rotatable bonds is 6. The summed E-state index contributed by atoms with van der Waals surface area (Å²) in [6.45, 7) is 2.42. The highest BCUT2D eigenvalue weighted by Gasteiger charge is 2.48. The third-order valence-electron chi connectivity index (χ3n) is 2.74. The summed E-state index contributed by atoms with van der Waals surface area (Å²) in [4.78, 5) is 22.2. The minimum Gasteiger partial charge on any atom is -0.493 e. The third-order valence-corrected chi connectivity index (χ3v) is 2.74. The Hall–Kier alpha value is -2.22. The van der Waals surface area contributed by atoms with Crippen LogP contribution in [0.15, 0.2) is 18.2 Å². The molecule has 0 saturated heterocycles. The van der Waals surface area contributed by atoms with Crippen LogP contribution in [-0.2, 0) is 14.3 Å². The van der Waals surface area contributed by atoms with Gasteiger partial charge in [-0.15, -0.1) is 0 Å². The quantitative estimate of drug-likeness (QED) is 0.636. The number of alkyl halides is 2. The van der Waals surface area contributed by atoms with Gasteiger partial charge in [0.05, 0.1) is 13.7 Å². The SMILES string of the molecule is CCOC(=O)C(F)(F)[C@@H](N)c1ccc(OC(C)=O)c(OC)c1. The fourth-order valence-corrected chi connectivity index (χ4v) is 1.68. The van der Waals surface area contributed by atoms with Crippen LogP contribution in [0.5, 0.6) is 11.5 Å². The van der Waals surface area contributed by atoms with Crippen LogP contribution in [0.2, 0.25) is 0 Å². The number of carbonyl (C=O) groups excluding carboxylic acids is 2. The van der Waals surface area contributed by atoms with E-state index in [1.807, 2.05) is 0 Å². The Morgan fingerprint density at radius 2 is 1.95 bits per heavy atom. The fourth-order valence-electron chi connectivity index (χ4n) is 1.68. The van der Waals surface area contributed by atoms with Gasteiger partial charge in [-0.25, -0.2) is 4.79 Å². The molecule has 1 rings (SSSR count). The van der Waals surface area contributed by atoms with E-state index in [0.717, 1.165) is 0 Å². The summed E-state index contributed by atoms with van der Waals surface area (Å²) < 4.78 is 41.9. The van der Waals surface area contributed by atoms with Crippen LogP contribution in [-0.4, -0.2) is 31.6 Å². The van der Waals surface area contributed by atoms with Gasteiger partial charge >= 0.3 is 17.9 Å². The van der Waals surface area contributed by atoms with Crippen molar-refractivity contribution in [3.8, 4) is 11.5 Å². The Labute approximate surface area is 126 Å². The molecule has 0 bridgehead atoms. The highest BCUT2D eigenvalue weighted by molar-refractivity contribution is 5.79. The molecule has 1 aromatic carbocycles. The van der Waals surface area contributed by atoms with Crippen LogP contribution >= 0.6 is 0 Å². The molecule has 0 heterocycles. The van der Waals surface area contributed by atoms with Gasteiger partial charge in [0.25, 0.3) is 0 Å². The molecule has 22 heavy (non-hydrogen) atoms. The third kappa shape index (κ3) is 3.91. The second-order valence-corrected chi connectivity index (χ2v) is 4.33. The van der Waals surface area contributed by atoms with Crippen LogP contribution in [0.1, 0.15) is 25.5 Å². The van der Waals surface area contributed by atoms with Crippen molar-refractivity contribution < 1.29 is 32.6 Å². The number of hydrogen-bond donors (Lipinski definition) is 1. The summed E-state index contributed by atoms with van der Waals surface area (Å²) in [5.41, 5.74) is 5.40. The predicted octanol–water partition coefficient (Wildman–Crippen LogP) is 1.82. The lowest BCUT2D eigenvalue weighted by atomic mass is 10.0. The standard InChI is InChI=1S/C14H17F2NO5/c1-4-21-13(19)14(15,16)12(17)9-5-6-10(22-8(2)18)11(7-9)20-3/h5-7,12H,4,17H2,1-3H3/t12-/m0/s1. The Bertz CT molecular complexity index is 562. The number of benzene rings is 1. The predicted molar refractivity (Wildman–Crippen MR) is 72.8 cm³/mol. The molecule has 0 aromatic heterocycles. The molecule has 0 aliphatic carbocycles. The normalized spacial score (nSPS) is 12.5. The topological polar surface area (TPSA) is 87.9 Å². The lowest BCUT2D eigenvalue weighted by Gasteiger charge is -2.22. The molecule has 0 aliphatic rings. The van der Waals surface area contributed by atoms with E-state index in [2.05, 4.69) is 4.74 Å². The molecule has 0 unspecified atom stereocenters.